The summed E-state index contributed by atoms with van der Waals surface area (Å²) < 4.78 is 0. The number of alkyl halides is 1. The molecule has 0 saturated carbocycles. The minimum atomic E-state index is -0.678. The Hall–Kier alpha value is -1.20. The van der Waals surface area contributed by atoms with E-state index in [1.54, 1.807) is 24.3 Å². The summed E-state index contributed by atoms with van der Waals surface area (Å²) in [6.45, 7) is 0.132. The number of anilines is 1. The fourth-order valence-electron chi connectivity index (χ4n) is 1.69. The normalized spacial score (nSPS) is 16.5. The second kappa shape index (κ2) is 4.35. The molecular formula is C11H10BrNO3. The van der Waals surface area contributed by atoms with Crippen LogP contribution < -0.4 is 4.90 Å². The molecule has 1 aliphatic heterocycles. The number of aliphatic hydroxyl groups excluding tert-OH is 1. The van der Waals surface area contributed by atoms with E-state index >= 15 is 0 Å². The molecule has 16 heavy (non-hydrogen) atoms. The number of rotatable bonds is 3. The highest BCUT2D eigenvalue weighted by Crippen LogP contribution is 2.28. The predicted molar refractivity (Wildman–Crippen MR) is 62.9 cm³/mol. The van der Waals surface area contributed by atoms with Crippen molar-refractivity contribution in [1.82, 2.24) is 0 Å². The van der Waals surface area contributed by atoms with Gasteiger partial charge in [0, 0.05) is 5.33 Å². The SMILES string of the molecule is O=C1C(=O)N(CC(O)CBr)c2ccccc21. The third kappa shape index (κ3) is 1.76. The van der Waals surface area contributed by atoms with Crippen molar-refractivity contribution in [1.29, 1.82) is 0 Å². The number of halogens is 1. The molecule has 1 aromatic rings. The van der Waals surface area contributed by atoms with Crippen LogP contribution in [0, 0.1) is 0 Å². The Morgan fingerprint density at radius 3 is 2.69 bits per heavy atom. The van der Waals surface area contributed by atoms with Gasteiger partial charge < -0.3 is 10.0 Å². The van der Waals surface area contributed by atoms with Crippen molar-refractivity contribution in [2.24, 2.45) is 0 Å². The van der Waals surface area contributed by atoms with E-state index in [4.69, 9.17) is 0 Å². The Balaban J connectivity index is 2.34. The second-order valence-corrected chi connectivity index (χ2v) is 4.22. The number of hydrogen-bond donors (Lipinski definition) is 1. The summed E-state index contributed by atoms with van der Waals surface area (Å²) in [6, 6.07) is 6.81. The molecule has 1 atom stereocenters. The zero-order valence-corrected chi connectivity index (χ0v) is 9.98. The quantitative estimate of drug-likeness (QED) is 0.664. The van der Waals surface area contributed by atoms with E-state index in [-0.39, 0.29) is 6.54 Å². The first-order valence-electron chi connectivity index (χ1n) is 4.84. The molecule has 1 aromatic carbocycles. The van der Waals surface area contributed by atoms with Gasteiger partial charge in [0.15, 0.2) is 0 Å². The van der Waals surface area contributed by atoms with E-state index < -0.39 is 17.8 Å². The summed E-state index contributed by atoms with van der Waals surface area (Å²) in [5, 5.41) is 9.86. The zero-order chi connectivity index (χ0) is 11.7. The number of carbonyl (C=O) groups is 2. The Labute approximate surface area is 101 Å². The number of nitrogens with zero attached hydrogens (tertiary/aromatic N) is 1. The maximum absolute atomic E-state index is 11.7. The summed E-state index contributed by atoms with van der Waals surface area (Å²) in [4.78, 5) is 24.6. The van der Waals surface area contributed by atoms with Gasteiger partial charge in [0.1, 0.15) is 0 Å². The molecule has 84 valence electrons. The van der Waals surface area contributed by atoms with Gasteiger partial charge >= 0.3 is 0 Å². The van der Waals surface area contributed by atoms with Crippen molar-refractivity contribution in [3.8, 4) is 0 Å². The minimum Gasteiger partial charge on any atom is -0.390 e. The molecule has 0 aliphatic carbocycles. The summed E-state index contributed by atoms with van der Waals surface area (Å²) in [7, 11) is 0. The van der Waals surface area contributed by atoms with Gasteiger partial charge in [-0.25, -0.2) is 0 Å². The lowest BCUT2D eigenvalue weighted by molar-refractivity contribution is -0.114. The monoisotopic (exact) mass is 283 g/mol. The van der Waals surface area contributed by atoms with E-state index in [2.05, 4.69) is 15.9 Å². The van der Waals surface area contributed by atoms with Crippen LogP contribution in [0.2, 0.25) is 0 Å². The number of para-hydroxylation sites is 1. The van der Waals surface area contributed by atoms with Gasteiger partial charge in [-0.15, -0.1) is 0 Å². The molecule has 1 heterocycles. The molecule has 5 heteroatoms. The Morgan fingerprint density at radius 1 is 1.31 bits per heavy atom. The fourth-order valence-corrected chi connectivity index (χ4v) is 1.89. The van der Waals surface area contributed by atoms with E-state index in [0.29, 0.717) is 16.6 Å². The van der Waals surface area contributed by atoms with Crippen LogP contribution in [0.3, 0.4) is 0 Å². The molecule has 0 radical (unpaired) electrons. The van der Waals surface area contributed by atoms with Crippen LogP contribution in [0.25, 0.3) is 0 Å². The van der Waals surface area contributed by atoms with Crippen molar-refractivity contribution >= 4 is 33.3 Å². The maximum atomic E-state index is 11.7. The van der Waals surface area contributed by atoms with Gasteiger partial charge in [0.25, 0.3) is 11.7 Å². The number of Topliss-reactive ketones (excluding diaryl/α,β-unsaturated/α-hetero) is 1. The molecule has 0 bridgehead atoms. The second-order valence-electron chi connectivity index (χ2n) is 3.57. The first-order chi connectivity index (χ1) is 7.65. The van der Waals surface area contributed by atoms with Crippen molar-refractivity contribution < 1.29 is 14.7 Å². The summed E-state index contributed by atoms with van der Waals surface area (Å²) in [6.07, 6.45) is -0.678. The third-order valence-corrected chi connectivity index (χ3v) is 3.20. The lowest BCUT2D eigenvalue weighted by atomic mass is 10.1. The van der Waals surface area contributed by atoms with E-state index in [1.165, 1.54) is 4.90 Å². The molecule has 4 nitrogen and oxygen atoms in total. The van der Waals surface area contributed by atoms with Crippen molar-refractivity contribution in [3.05, 3.63) is 29.8 Å². The highest BCUT2D eigenvalue weighted by Gasteiger charge is 2.35. The van der Waals surface area contributed by atoms with Crippen molar-refractivity contribution in [2.45, 2.75) is 6.10 Å². The molecule has 2 rings (SSSR count). The number of benzene rings is 1. The van der Waals surface area contributed by atoms with Gasteiger partial charge in [-0.3, -0.25) is 9.59 Å². The highest BCUT2D eigenvalue weighted by molar-refractivity contribution is 9.09. The van der Waals surface area contributed by atoms with Crippen LogP contribution in [0.5, 0.6) is 0 Å². The Morgan fingerprint density at radius 2 is 2.00 bits per heavy atom. The zero-order valence-electron chi connectivity index (χ0n) is 8.39. The maximum Gasteiger partial charge on any atom is 0.299 e. The van der Waals surface area contributed by atoms with Gasteiger partial charge in [-0.2, -0.15) is 0 Å². The largest absolute Gasteiger partial charge is 0.390 e. The van der Waals surface area contributed by atoms with E-state index in [0.717, 1.165) is 0 Å². The number of fused-ring (bicyclic) bond motifs is 1. The van der Waals surface area contributed by atoms with Gasteiger partial charge in [-0.1, -0.05) is 28.1 Å². The first kappa shape index (κ1) is 11.3. The standard InChI is InChI=1S/C11H10BrNO3/c12-5-7(14)6-13-9-4-2-1-3-8(9)10(15)11(13)16/h1-4,7,14H,5-6H2. The lowest BCUT2D eigenvalue weighted by Gasteiger charge is -2.18. The van der Waals surface area contributed by atoms with Crippen molar-refractivity contribution in [2.75, 3.05) is 16.8 Å². The summed E-state index contributed by atoms with van der Waals surface area (Å²) in [5.74, 6) is -1.07. The van der Waals surface area contributed by atoms with Gasteiger partial charge in [0.05, 0.1) is 23.9 Å². The number of aliphatic hydroxyl groups is 1. The average Bonchev–Trinajstić information content (AvgIpc) is 2.55. The van der Waals surface area contributed by atoms with E-state index in [9.17, 15) is 14.7 Å². The first-order valence-corrected chi connectivity index (χ1v) is 5.96. The predicted octanol–water partition coefficient (Wildman–Crippen LogP) is 0.972. The van der Waals surface area contributed by atoms with Crippen LogP contribution in [-0.4, -0.2) is 34.8 Å². The van der Waals surface area contributed by atoms with Crippen molar-refractivity contribution in [3.63, 3.8) is 0 Å². The molecule has 0 spiro atoms. The number of amides is 1. The van der Waals surface area contributed by atoms with Gasteiger partial charge in [-0.05, 0) is 12.1 Å². The summed E-state index contributed by atoms with van der Waals surface area (Å²) in [5.41, 5.74) is 0.992. The van der Waals surface area contributed by atoms with E-state index in [1.807, 2.05) is 0 Å². The third-order valence-electron chi connectivity index (χ3n) is 2.45. The molecule has 0 fully saturated rings. The fraction of sp³-hybridized carbons (Fsp3) is 0.273. The minimum absolute atomic E-state index is 0.132. The molecule has 1 amide bonds. The summed E-state index contributed by atoms with van der Waals surface area (Å²) >= 11 is 3.12. The number of ketones is 1. The van der Waals surface area contributed by atoms with Crippen LogP contribution >= 0.6 is 15.9 Å². The lowest BCUT2D eigenvalue weighted by Crippen LogP contribution is -2.37. The van der Waals surface area contributed by atoms with Crippen LogP contribution in [-0.2, 0) is 4.79 Å². The number of β-amino-alcohol motifs (C(OH)–C–C–N with tert-alkyl or cyclic N) is 1. The smallest absolute Gasteiger partial charge is 0.299 e. The molecule has 1 unspecified atom stereocenters. The van der Waals surface area contributed by atoms with Gasteiger partial charge in [0.2, 0.25) is 0 Å². The number of hydrogen-bond acceptors (Lipinski definition) is 3. The molecule has 0 aromatic heterocycles. The van der Waals surface area contributed by atoms with Crippen LogP contribution in [0.4, 0.5) is 5.69 Å². The topological polar surface area (TPSA) is 57.6 Å². The Bertz CT molecular complexity index is 447. The molecule has 0 saturated heterocycles. The van der Waals surface area contributed by atoms with Crippen LogP contribution in [0.1, 0.15) is 10.4 Å². The molecular weight excluding hydrogens is 274 g/mol. The number of carbonyl (C=O) groups excluding carboxylic acids is 2. The molecule has 1 N–H and O–H groups in total. The molecule has 1 aliphatic rings. The van der Waals surface area contributed by atoms with Crippen LogP contribution in [0.15, 0.2) is 24.3 Å². The highest BCUT2D eigenvalue weighted by atomic mass is 79.9. The Kier molecular flexibility index (Phi) is 3.07. The average molecular weight is 284 g/mol.